The van der Waals surface area contributed by atoms with Gasteiger partial charge in [0, 0.05) is 24.5 Å². The molecule has 0 saturated heterocycles. The molecule has 0 spiro atoms. The molecule has 1 aromatic carbocycles. The van der Waals surface area contributed by atoms with Gasteiger partial charge in [0.15, 0.2) is 0 Å². The molecular weight excluding hydrogens is 304 g/mol. The molecule has 112 valence electrons. The molecule has 4 nitrogen and oxygen atoms in total. The Hall–Kier alpha value is -1.21. The smallest absolute Gasteiger partial charge is 0.243 e. The summed E-state index contributed by atoms with van der Waals surface area (Å²) >= 11 is 1.71. The number of sulfonamides is 1. The summed E-state index contributed by atoms with van der Waals surface area (Å²) in [6.45, 7) is 3.18. The Balaban J connectivity index is 1.98. The molecule has 0 fully saturated rings. The van der Waals surface area contributed by atoms with Crippen LogP contribution in [-0.2, 0) is 29.5 Å². The number of fused-ring (bicyclic) bond motifs is 1. The van der Waals surface area contributed by atoms with Gasteiger partial charge in [0.2, 0.25) is 10.0 Å². The molecule has 1 aliphatic rings. The molecule has 0 aliphatic carbocycles. The Morgan fingerprint density at radius 1 is 1.33 bits per heavy atom. The Labute approximate surface area is 129 Å². The van der Waals surface area contributed by atoms with Crippen molar-refractivity contribution in [2.75, 3.05) is 6.54 Å². The van der Waals surface area contributed by atoms with Crippen LogP contribution in [0.1, 0.15) is 21.6 Å². The second-order valence-electron chi connectivity index (χ2n) is 5.26. The maximum absolute atomic E-state index is 12.9. The lowest BCUT2D eigenvalue weighted by Crippen LogP contribution is -2.35. The van der Waals surface area contributed by atoms with E-state index in [9.17, 15) is 8.42 Å². The van der Waals surface area contributed by atoms with Crippen LogP contribution < -0.4 is 5.73 Å². The van der Waals surface area contributed by atoms with E-state index in [0.717, 1.165) is 23.1 Å². The van der Waals surface area contributed by atoms with Crippen molar-refractivity contribution >= 4 is 21.4 Å². The Kier molecular flexibility index (Phi) is 3.88. The average molecular weight is 322 g/mol. The van der Waals surface area contributed by atoms with E-state index >= 15 is 0 Å². The van der Waals surface area contributed by atoms with Crippen LogP contribution in [0.15, 0.2) is 34.5 Å². The predicted molar refractivity (Wildman–Crippen MR) is 84.7 cm³/mol. The van der Waals surface area contributed by atoms with Crippen molar-refractivity contribution in [1.82, 2.24) is 4.31 Å². The average Bonchev–Trinajstić information content (AvgIpc) is 2.95. The third-order valence-electron chi connectivity index (χ3n) is 3.88. The molecule has 3 rings (SSSR count). The Bertz CT molecular complexity index is 766. The minimum absolute atomic E-state index is 0.345. The molecular formula is C15H18N2O2S2. The van der Waals surface area contributed by atoms with E-state index in [1.807, 2.05) is 30.5 Å². The van der Waals surface area contributed by atoms with Crippen molar-refractivity contribution in [1.29, 1.82) is 0 Å². The largest absolute Gasteiger partial charge is 0.326 e. The number of nitrogens with zero attached hydrogens (tertiary/aromatic N) is 1. The molecule has 6 heteroatoms. The van der Waals surface area contributed by atoms with Crippen LogP contribution in [0.5, 0.6) is 0 Å². The summed E-state index contributed by atoms with van der Waals surface area (Å²) in [6.07, 6.45) is 0.794. The van der Waals surface area contributed by atoms with Gasteiger partial charge in [-0.1, -0.05) is 12.1 Å². The Morgan fingerprint density at radius 2 is 2.14 bits per heavy atom. The van der Waals surface area contributed by atoms with E-state index in [2.05, 4.69) is 0 Å². The predicted octanol–water partition coefficient (Wildman–Crippen LogP) is 2.26. The maximum Gasteiger partial charge on any atom is 0.243 e. The second kappa shape index (κ2) is 5.53. The number of hydrogen-bond donors (Lipinski definition) is 1. The molecule has 2 heterocycles. The number of rotatable bonds is 3. The highest BCUT2D eigenvalue weighted by molar-refractivity contribution is 7.89. The first-order valence-electron chi connectivity index (χ1n) is 6.87. The third-order valence-corrected chi connectivity index (χ3v) is 6.89. The summed E-state index contributed by atoms with van der Waals surface area (Å²) < 4.78 is 27.4. The molecule has 0 unspecified atom stereocenters. The van der Waals surface area contributed by atoms with Crippen molar-refractivity contribution in [3.8, 4) is 0 Å². The van der Waals surface area contributed by atoms with Gasteiger partial charge in [-0.15, -0.1) is 11.3 Å². The normalized spacial score (nSPS) is 15.9. The molecule has 0 bridgehead atoms. The lowest BCUT2D eigenvalue weighted by Gasteiger charge is -2.27. The van der Waals surface area contributed by atoms with Crippen molar-refractivity contribution in [3.63, 3.8) is 0 Å². The monoisotopic (exact) mass is 322 g/mol. The highest BCUT2D eigenvalue weighted by Gasteiger charge is 2.29. The van der Waals surface area contributed by atoms with Gasteiger partial charge in [-0.25, -0.2) is 8.42 Å². The fraction of sp³-hybridized carbons (Fsp3) is 0.333. The van der Waals surface area contributed by atoms with Gasteiger partial charge < -0.3 is 5.73 Å². The van der Waals surface area contributed by atoms with E-state index in [4.69, 9.17) is 5.73 Å². The topological polar surface area (TPSA) is 63.4 Å². The quantitative estimate of drug-likeness (QED) is 0.943. The summed E-state index contributed by atoms with van der Waals surface area (Å²) in [5, 5.41) is 2.03. The van der Waals surface area contributed by atoms with Gasteiger partial charge in [-0.3, -0.25) is 0 Å². The zero-order valence-corrected chi connectivity index (χ0v) is 13.5. The number of nitrogens with two attached hydrogens (primary N) is 1. The minimum atomic E-state index is -3.46. The van der Waals surface area contributed by atoms with Gasteiger partial charge >= 0.3 is 0 Å². The van der Waals surface area contributed by atoms with Crippen molar-refractivity contribution in [3.05, 3.63) is 51.2 Å². The summed E-state index contributed by atoms with van der Waals surface area (Å²) in [4.78, 5) is 1.68. The van der Waals surface area contributed by atoms with Gasteiger partial charge in [0.25, 0.3) is 0 Å². The molecule has 1 aliphatic heterocycles. The van der Waals surface area contributed by atoms with Crippen LogP contribution in [0.4, 0.5) is 0 Å². The highest BCUT2D eigenvalue weighted by Crippen LogP contribution is 2.29. The van der Waals surface area contributed by atoms with E-state index in [0.29, 0.717) is 24.5 Å². The van der Waals surface area contributed by atoms with E-state index < -0.39 is 10.0 Å². The first kappa shape index (κ1) is 14.7. The first-order chi connectivity index (χ1) is 10.0. The van der Waals surface area contributed by atoms with Crippen molar-refractivity contribution in [2.45, 2.75) is 31.3 Å². The zero-order chi connectivity index (χ0) is 15.0. The number of thiophene rings is 1. The highest BCUT2D eigenvalue weighted by atomic mass is 32.2. The minimum Gasteiger partial charge on any atom is -0.326 e. The summed E-state index contributed by atoms with van der Waals surface area (Å²) in [5.41, 5.74) is 8.37. The Morgan fingerprint density at radius 3 is 2.90 bits per heavy atom. The van der Waals surface area contributed by atoms with Crippen LogP contribution in [0.2, 0.25) is 0 Å². The number of benzene rings is 1. The zero-order valence-electron chi connectivity index (χ0n) is 11.9. The van der Waals surface area contributed by atoms with Crippen LogP contribution >= 0.6 is 11.3 Å². The van der Waals surface area contributed by atoms with Gasteiger partial charge in [-0.2, -0.15) is 4.31 Å². The summed E-state index contributed by atoms with van der Waals surface area (Å²) in [6, 6.07) is 7.43. The van der Waals surface area contributed by atoms with Crippen LogP contribution in [-0.4, -0.2) is 19.3 Å². The number of hydrogen-bond acceptors (Lipinski definition) is 4. The van der Waals surface area contributed by atoms with E-state index in [1.54, 1.807) is 21.7 Å². The standard InChI is InChI=1S/C15H18N2O2S2/c1-11-2-3-12(9-16)8-15(11)21(18,19)17-6-4-14-13(10-17)5-7-20-14/h2-3,5,7-8H,4,6,9-10,16H2,1H3. The molecule has 21 heavy (non-hydrogen) atoms. The SMILES string of the molecule is Cc1ccc(CN)cc1S(=O)(=O)N1CCc2sccc2C1. The van der Waals surface area contributed by atoms with Gasteiger partial charge in [0.1, 0.15) is 0 Å². The second-order valence-corrected chi connectivity index (χ2v) is 8.17. The van der Waals surface area contributed by atoms with E-state index in [1.165, 1.54) is 4.88 Å². The lowest BCUT2D eigenvalue weighted by molar-refractivity contribution is 0.394. The molecule has 1 aromatic heterocycles. The molecule has 0 saturated carbocycles. The van der Waals surface area contributed by atoms with Crippen LogP contribution in [0.3, 0.4) is 0 Å². The molecule has 0 radical (unpaired) electrons. The molecule has 2 N–H and O–H groups in total. The van der Waals surface area contributed by atoms with Crippen molar-refractivity contribution < 1.29 is 8.42 Å². The van der Waals surface area contributed by atoms with Gasteiger partial charge in [-0.05, 0) is 47.5 Å². The molecule has 0 atom stereocenters. The summed E-state index contributed by atoms with van der Waals surface area (Å²) in [7, 11) is -3.46. The fourth-order valence-electron chi connectivity index (χ4n) is 2.62. The maximum atomic E-state index is 12.9. The molecule has 2 aromatic rings. The van der Waals surface area contributed by atoms with E-state index in [-0.39, 0.29) is 0 Å². The van der Waals surface area contributed by atoms with Crippen molar-refractivity contribution in [2.24, 2.45) is 5.73 Å². The summed E-state index contributed by atoms with van der Waals surface area (Å²) in [5.74, 6) is 0. The first-order valence-corrected chi connectivity index (χ1v) is 9.19. The van der Waals surface area contributed by atoms with Crippen LogP contribution in [0.25, 0.3) is 0 Å². The lowest BCUT2D eigenvalue weighted by atomic mass is 10.1. The number of aryl methyl sites for hydroxylation is 1. The molecule has 0 amide bonds. The third kappa shape index (κ3) is 2.64. The van der Waals surface area contributed by atoms with Crippen LogP contribution in [0, 0.1) is 6.92 Å². The fourth-order valence-corrected chi connectivity index (χ4v) is 5.20. The van der Waals surface area contributed by atoms with Gasteiger partial charge in [0.05, 0.1) is 4.90 Å².